The van der Waals surface area contributed by atoms with Crippen LogP contribution in [0.2, 0.25) is 0 Å². The molecule has 2 aliphatic rings. The number of hydrogen-bond donors (Lipinski definition) is 0. The second-order valence-electron chi connectivity index (χ2n) is 18.5. The van der Waals surface area contributed by atoms with Crippen LogP contribution >= 0.6 is 0 Å². The van der Waals surface area contributed by atoms with Crippen LogP contribution in [0, 0.1) is 0 Å². The molecule has 14 rings (SSSR count). The van der Waals surface area contributed by atoms with Gasteiger partial charge >= 0.3 is 0 Å². The molecule has 0 N–H and O–H groups in total. The summed E-state index contributed by atoms with van der Waals surface area (Å²) in [4.78, 5) is 10.4. The Morgan fingerprint density at radius 2 is 0.726 bits per heavy atom. The SMILES string of the molecule is CC1(C)c2ccccc2-c2ccc(-n3c4cccnc4c4c5ccccc5c5c(c6ccccc6c6c7ncccc7n(-c7ccc8c(c7)C(C)(C)c7ccccc7-8)c65)c43)cc21. The molecule has 0 radical (unpaired) electrons. The highest BCUT2D eigenvalue weighted by Crippen LogP contribution is 2.54. The molecular weight excluding hydrogens is 753 g/mol. The highest BCUT2D eigenvalue weighted by molar-refractivity contribution is 6.43. The summed E-state index contributed by atoms with van der Waals surface area (Å²) in [6, 6.07) is 58.8. The van der Waals surface area contributed by atoms with Crippen LogP contribution in [0.25, 0.3) is 110 Å². The van der Waals surface area contributed by atoms with Gasteiger partial charge in [-0.25, -0.2) is 0 Å². The molecule has 8 aromatic carbocycles. The molecule has 0 saturated heterocycles. The Kier molecular flexibility index (Phi) is 6.41. The van der Waals surface area contributed by atoms with Crippen molar-refractivity contribution in [3.8, 4) is 33.6 Å². The van der Waals surface area contributed by atoms with E-state index in [4.69, 9.17) is 9.97 Å². The summed E-state index contributed by atoms with van der Waals surface area (Å²) in [6.45, 7) is 9.47. The van der Waals surface area contributed by atoms with E-state index in [0.29, 0.717) is 0 Å². The van der Waals surface area contributed by atoms with Crippen LogP contribution in [0.3, 0.4) is 0 Å². The van der Waals surface area contributed by atoms with Gasteiger partial charge in [-0.05, 0) is 115 Å². The topological polar surface area (TPSA) is 35.6 Å². The van der Waals surface area contributed by atoms with Crippen molar-refractivity contribution in [2.24, 2.45) is 0 Å². The Bertz CT molecular complexity index is 3730. The molecule has 292 valence electrons. The maximum absolute atomic E-state index is 5.22. The smallest absolute Gasteiger partial charge is 0.0969 e. The summed E-state index contributed by atoms with van der Waals surface area (Å²) in [5.74, 6) is 0. The first-order valence-corrected chi connectivity index (χ1v) is 21.8. The van der Waals surface area contributed by atoms with Crippen molar-refractivity contribution in [3.05, 3.63) is 192 Å². The minimum atomic E-state index is -0.147. The summed E-state index contributed by atoms with van der Waals surface area (Å²) < 4.78 is 5.04. The Morgan fingerprint density at radius 3 is 1.16 bits per heavy atom. The van der Waals surface area contributed by atoms with E-state index in [9.17, 15) is 0 Å². The Labute approximate surface area is 358 Å². The highest BCUT2D eigenvalue weighted by atomic mass is 15.0. The monoisotopic (exact) mass is 792 g/mol. The van der Waals surface area contributed by atoms with Gasteiger partial charge in [-0.3, -0.25) is 9.97 Å². The third kappa shape index (κ3) is 4.08. The number of pyridine rings is 2. The van der Waals surface area contributed by atoms with Gasteiger partial charge in [0.1, 0.15) is 0 Å². The third-order valence-electron chi connectivity index (χ3n) is 14.8. The zero-order chi connectivity index (χ0) is 41.2. The minimum absolute atomic E-state index is 0.147. The third-order valence-corrected chi connectivity index (χ3v) is 14.8. The lowest BCUT2D eigenvalue weighted by Gasteiger charge is -2.23. The van der Waals surface area contributed by atoms with Gasteiger partial charge in [0.25, 0.3) is 0 Å². The summed E-state index contributed by atoms with van der Waals surface area (Å²) in [7, 11) is 0. The Morgan fingerprint density at radius 1 is 0.355 bits per heavy atom. The van der Waals surface area contributed by atoms with Gasteiger partial charge in [-0.1, -0.05) is 137 Å². The predicted octanol–water partition coefficient (Wildman–Crippen LogP) is 14.7. The van der Waals surface area contributed by atoms with E-state index in [1.807, 2.05) is 12.4 Å². The van der Waals surface area contributed by atoms with Crippen LogP contribution in [0.1, 0.15) is 49.9 Å². The molecule has 4 aromatic heterocycles. The molecule has 4 nitrogen and oxygen atoms in total. The van der Waals surface area contributed by atoms with Gasteiger partial charge in [-0.2, -0.15) is 0 Å². The van der Waals surface area contributed by atoms with Crippen molar-refractivity contribution >= 4 is 76.2 Å². The van der Waals surface area contributed by atoms with Crippen molar-refractivity contribution < 1.29 is 0 Å². The molecule has 0 amide bonds. The first-order chi connectivity index (χ1) is 30.3. The lowest BCUT2D eigenvalue weighted by molar-refractivity contribution is 0.660. The first kappa shape index (κ1) is 34.2. The first-order valence-electron chi connectivity index (χ1n) is 21.8. The van der Waals surface area contributed by atoms with E-state index >= 15 is 0 Å². The van der Waals surface area contributed by atoms with Gasteiger partial charge in [0.05, 0.1) is 33.1 Å². The van der Waals surface area contributed by atoms with Gasteiger partial charge in [-0.15, -0.1) is 0 Å². The standard InChI is InChI=1S/C58H40N4/c1-57(2)43-21-11-9-15-35(43)37-27-25-33(31-45(37)57)61-47-23-13-29-59-53(47)51-41-19-7-6-18-40(41)50-49(55(51)61)39-17-5-8-20-42(39)52-54-48(24-14-30-60-54)62(56(50)52)34-26-28-38-36-16-10-12-22-44(36)58(3,4)46(38)32-34/h5-32H,1-4H3. The fourth-order valence-corrected chi connectivity index (χ4v) is 12.0. The van der Waals surface area contributed by atoms with Gasteiger partial charge in [0.15, 0.2) is 0 Å². The zero-order valence-corrected chi connectivity index (χ0v) is 35.0. The van der Waals surface area contributed by atoms with Crippen LogP contribution in [-0.2, 0) is 10.8 Å². The molecule has 0 saturated carbocycles. The molecule has 0 spiro atoms. The maximum Gasteiger partial charge on any atom is 0.0969 e. The van der Waals surface area contributed by atoms with Crippen molar-refractivity contribution in [1.29, 1.82) is 0 Å². The van der Waals surface area contributed by atoms with Crippen molar-refractivity contribution in [3.63, 3.8) is 0 Å². The zero-order valence-electron chi connectivity index (χ0n) is 35.0. The van der Waals surface area contributed by atoms with Crippen molar-refractivity contribution in [1.82, 2.24) is 19.1 Å². The van der Waals surface area contributed by atoms with E-state index in [-0.39, 0.29) is 10.8 Å². The number of rotatable bonds is 2. The number of nitrogens with zero attached hydrogens (tertiary/aromatic N) is 4. The molecule has 0 aliphatic heterocycles. The summed E-state index contributed by atoms with van der Waals surface area (Å²) in [5.41, 5.74) is 19.3. The van der Waals surface area contributed by atoms with Crippen molar-refractivity contribution in [2.45, 2.75) is 38.5 Å². The summed E-state index contributed by atoms with van der Waals surface area (Å²) in [6.07, 6.45) is 3.90. The van der Waals surface area contributed by atoms with Gasteiger partial charge < -0.3 is 9.13 Å². The Balaban J connectivity index is 1.20. The van der Waals surface area contributed by atoms with Crippen LogP contribution in [0.15, 0.2) is 170 Å². The van der Waals surface area contributed by atoms with Gasteiger partial charge in [0.2, 0.25) is 0 Å². The van der Waals surface area contributed by atoms with Gasteiger partial charge in [0, 0.05) is 56.1 Å². The molecule has 4 heterocycles. The molecule has 4 heteroatoms. The normalized spacial score (nSPS) is 14.7. The maximum atomic E-state index is 5.22. The molecule has 12 aromatic rings. The average molecular weight is 793 g/mol. The number of hydrogen-bond acceptors (Lipinski definition) is 2. The number of benzene rings is 8. The van der Waals surface area contributed by atoms with E-state index in [2.05, 4.69) is 195 Å². The van der Waals surface area contributed by atoms with E-state index < -0.39 is 0 Å². The molecular formula is C58H40N4. The fourth-order valence-electron chi connectivity index (χ4n) is 12.0. The second kappa shape index (κ2) is 11.6. The van der Waals surface area contributed by atoms with E-state index in [1.165, 1.54) is 98.6 Å². The highest BCUT2D eigenvalue weighted by Gasteiger charge is 2.37. The quantitative estimate of drug-likeness (QED) is 0.163. The van der Waals surface area contributed by atoms with Crippen LogP contribution in [0.5, 0.6) is 0 Å². The molecule has 62 heavy (non-hydrogen) atoms. The van der Waals surface area contributed by atoms with Crippen molar-refractivity contribution in [2.75, 3.05) is 0 Å². The second-order valence-corrected chi connectivity index (χ2v) is 18.5. The lowest BCUT2D eigenvalue weighted by Crippen LogP contribution is -2.15. The van der Waals surface area contributed by atoms with E-state index in [1.54, 1.807) is 0 Å². The largest absolute Gasteiger partial charge is 0.307 e. The minimum Gasteiger partial charge on any atom is -0.307 e. The molecule has 2 aliphatic carbocycles. The summed E-state index contributed by atoms with van der Waals surface area (Å²) >= 11 is 0. The molecule has 0 unspecified atom stereocenters. The molecule has 0 atom stereocenters. The molecule has 0 fully saturated rings. The number of fused-ring (bicyclic) bond motifs is 21. The number of aromatic nitrogens is 4. The lowest BCUT2D eigenvalue weighted by atomic mass is 9.82. The average Bonchev–Trinajstić information content (AvgIpc) is 3.98. The summed E-state index contributed by atoms with van der Waals surface area (Å²) in [5, 5.41) is 9.60. The van der Waals surface area contributed by atoms with Crippen LogP contribution < -0.4 is 0 Å². The van der Waals surface area contributed by atoms with E-state index in [0.717, 1.165) is 33.4 Å². The van der Waals surface area contributed by atoms with Crippen LogP contribution in [0.4, 0.5) is 0 Å². The predicted molar refractivity (Wildman–Crippen MR) is 258 cm³/mol. The van der Waals surface area contributed by atoms with Crippen LogP contribution in [-0.4, -0.2) is 19.1 Å². The fraction of sp³-hybridized carbons (Fsp3) is 0.103. The Hall–Kier alpha value is -7.56. The molecule has 0 bridgehead atoms.